The number of rotatable bonds is 6. The first-order valence-electron chi connectivity index (χ1n) is 15.3. The molecule has 1 saturated carbocycles. The van der Waals surface area contributed by atoms with E-state index in [1.54, 1.807) is 44.0 Å². The first-order chi connectivity index (χ1) is 21.3. The van der Waals surface area contributed by atoms with Crippen LogP contribution in [-0.4, -0.2) is 74.3 Å². The fourth-order valence-electron chi connectivity index (χ4n) is 5.06. The smallest absolute Gasteiger partial charge is 0.421 e. The molecular weight excluding hydrogens is 570 g/mol. The molecule has 11 heteroatoms. The number of nitriles is 1. The Morgan fingerprint density at radius 1 is 0.956 bits per heavy atom. The van der Waals surface area contributed by atoms with Crippen molar-refractivity contribution in [2.24, 2.45) is 0 Å². The number of hydrogen-bond acceptors (Lipinski definition) is 9. The second-order valence-electron chi connectivity index (χ2n) is 13.6. The number of carbonyl (C=O) groups is 2. The Morgan fingerprint density at radius 3 is 2.31 bits per heavy atom. The van der Waals surface area contributed by atoms with Crippen LogP contribution in [0.3, 0.4) is 0 Å². The average molecular weight is 612 g/mol. The molecule has 5 rings (SSSR count). The molecule has 1 aliphatic heterocycles. The highest BCUT2D eigenvalue weighted by atomic mass is 16.6. The van der Waals surface area contributed by atoms with Crippen molar-refractivity contribution >= 4 is 23.8 Å². The molecule has 0 unspecified atom stereocenters. The lowest BCUT2D eigenvalue weighted by atomic mass is 10.1. The first-order valence-corrected chi connectivity index (χ1v) is 15.3. The van der Waals surface area contributed by atoms with Gasteiger partial charge in [-0.15, -0.1) is 0 Å². The highest BCUT2D eigenvalue weighted by Crippen LogP contribution is 2.43. The van der Waals surface area contributed by atoms with Crippen molar-refractivity contribution < 1.29 is 19.1 Å². The number of aromatic nitrogens is 3. The summed E-state index contributed by atoms with van der Waals surface area (Å²) in [6.45, 7) is 14.3. The molecule has 1 saturated heterocycles. The number of amides is 2. The summed E-state index contributed by atoms with van der Waals surface area (Å²) in [5.74, 6) is 1.00. The van der Waals surface area contributed by atoms with Crippen molar-refractivity contribution in [2.45, 2.75) is 78.0 Å². The summed E-state index contributed by atoms with van der Waals surface area (Å²) in [6, 6.07) is 11.3. The van der Waals surface area contributed by atoms with E-state index in [1.807, 2.05) is 33.0 Å². The van der Waals surface area contributed by atoms with Gasteiger partial charge in [0.1, 0.15) is 22.8 Å². The van der Waals surface area contributed by atoms with Crippen LogP contribution < -0.4 is 4.90 Å². The summed E-state index contributed by atoms with van der Waals surface area (Å²) in [6.07, 6.45) is 6.33. The lowest BCUT2D eigenvalue weighted by molar-refractivity contribution is 0.0138. The number of ether oxygens (including phenoxy) is 2. The van der Waals surface area contributed by atoms with E-state index in [1.165, 1.54) is 11.1 Å². The molecule has 4 heterocycles. The van der Waals surface area contributed by atoms with Gasteiger partial charge in [-0.1, -0.05) is 0 Å². The number of nitrogens with zero attached hydrogens (tertiary/aromatic N) is 7. The molecular formula is C34H41N7O4. The quantitative estimate of drug-likeness (QED) is 0.311. The van der Waals surface area contributed by atoms with Gasteiger partial charge in [0.05, 0.1) is 17.3 Å². The Kier molecular flexibility index (Phi) is 9.07. The van der Waals surface area contributed by atoms with E-state index in [-0.39, 0.29) is 11.9 Å². The SMILES string of the molecule is CC(C)(C)OC(=O)N1CCN(Cc2cncc(-c3cc(C4CC4)cc(N(C(=O)OC(C)(C)C)c4cc(C#N)ccn4)n3)c2)CC1. The third-order valence-corrected chi connectivity index (χ3v) is 7.31. The maximum Gasteiger partial charge on any atom is 0.421 e. The monoisotopic (exact) mass is 611 g/mol. The third kappa shape index (κ3) is 8.54. The van der Waals surface area contributed by atoms with Crippen molar-refractivity contribution in [3.8, 4) is 17.3 Å². The minimum atomic E-state index is -0.754. The van der Waals surface area contributed by atoms with Gasteiger partial charge in [-0.3, -0.25) is 9.88 Å². The van der Waals surface area contributed by atoms with E-state index < -0.39 is 17.3 Å². The van der Waals surface area contributed by atoms with Gasteiger partial charge in [0.2, 0.25) is 0 Å². The van der Waals surface area contributed by atoms with Crippen LogP contribution >= 0.6 is 0 Å². The Bertz CT molecular complexity index is 1590. The van der Waals surface area contributed by atoms with E-state index in [9.17, 15) is 14.9 Å². The lowest BCUT2D eigenvalue weighted by Crippen LogP contribution is -2.49. The van der Waals surface area contributed by atoms with Crippen molar-refractivity contribution in [1.82, 2.24) is 24.8 Å². The molecule has 0 spiro atoms. The maximum absolute atomic E-state index is 13.6. The van der Waals surface area contributed by atoms with Gasteiger partial charge in [-0.05, 0) is 102 Å². The molecule has 236 valence electrons. The van der Waals surface area contributed by atoms with Gasteiger partial charge in [-0.2, -0.15) is 5.26 Å². The Hall–Kier alpha value is -4.56. The second kappa shape index (κ2) is 12.8. The predicted molar refractivity (Wildman–Crippen MR) is 170 cm³/mol. The lowest BCUT2D eigenvalue weighted by Gasteiger charge is -2.35. The summed E-state index contributed by atoms with van der Waals surface area (Å²) in [7, 11) is 0. The van der Waals surface area contributed by atoms with Crippen molar-refractivity contribution in [3.63, 3.8) is 0 Å². The fourth-order valence-corrected chi connectivity index (χ4v) is 5.06. The molecule has 0 bridgehead atoms. The highest BCUT2D eigenvalue weighted by Gasteiger charge is 2.31. The Morgan fingerprint density at radius 2 is 1.67 bits per heavy atom. The van der Waals surface area contributed by atoms with Gasteiger partial charge in [-0.25, -0.2) is 24.5 Å². The number of piperazine rings is 1. The Balaban J connectivity index is 1.41. The molecule has 0 atom stereocenters. The van der Waals surface area contributed by atoms with Gasteiger partial charge in [0.25, 0.3) is 0 Å². The molecule has 0 N–H and O–H groups in total. The zero-order valence-electron chi connectivity index (χ0n) is 26.9. The second-order valence-corrected chi connectivity index (χ2v) is 13.6. The zero-order valence-corrected chi connectivity index (χ0v) is 26.9. The van der Waals surface area contributed by atoms with Gasteiger partial charge in [0.15, 0.2) is 0 Å². The molecule has 11 nitrogen and oxygen atoms in total. The molecule has 2 amide bonds. The minimum Gasteiger partial charge on any atom is -0.444 e. The van der Waals surface area contributed by atoms with Crippen LogP contribution in [0.4, 0.5) is 21.2 Å². The van der Waals surface area contributed by atoms with Crippen LogP contribution in [0.1, 0.15) is 77.0 Å². The molecule has 3 aromatic heterocycles. The largest absolute Gasteiger partial charge is 0.444 e. The van der Waals surface area contributed by atoms with Crippen LogP contribution in [0.25, 0.3) is 11.3 Å². The van der Waals surface area contributed by atoms with Crippen LogP contribution in [-0.2, 0) is 16.0 Å². The zero-order chi connectivity index (χ0) is 32.4. The fraction of sp³-hybridized carbons (Fsp3) is 0.471. The van der Waals surface area contributed by atoms with Crippen LogP contribution in [0.2, 0.25) is 0 Å². The summed E-state index contributed by atoms with van der Waals surface area (Å²) in [5.41, 5.74) is 2.70. The van der Waals surface area contributed by atoms with E-state index in [2.05, 4.69) is 33.1 Å². The number of pyridine rings is 3. The molecule has 0 radical (unpaired) electrons. The van der Waals surface area contributed by atoms with Crippen LogP contribution in [0.15, 0.2) is 48.9 Å². The summed E-state index contributed by atoms with van der Waals surface area (Å²) < 4.78 is 11.3. The van der Waals surface area contributed by atoms with Crippen LogP contribution in [0.5, 0.6) is 0 Å². The van der Waals surface area contributed by atoms with Gasteiger partial charge >= 0.3 is 12.2 Å². The number of hydrogen-bond donors (Lipinski definition) is 0. The van der Waals surface area contributed by atoms with Crippen molar-refractivity contribution in [1.29, 1.82) is 5.26 Å². The van der Waals surface area contributed by atoms with Crippen molar-refractivity contribution in [3.05, 3.63) is 65.6 Å². The first kappa shape index (κ1) is 31.9. The topological polar surface area (TPSA) is 125 Å². The maximum atomic E-state index is 13.6. The minimum absolute atomic E-state index is 0.257. The number of carbonyl (C=O) groups excluding carboxylic acids is 2. The summed E-state index contributed by atoms with van der Waals surface area (Å²) in [5, 5.41) is 9.52. The van der Waals surface area contributed by atoms with Gasteiger partial charge < -0.3 is 14.4 Å². The van der Waals surface area contributed by atoms with E-state index in [0.29, 0.717) is 42.6 Å². The molecule has 2 fully saturated rings. The molecule has 1 aliphatic carbocycles. The molecule has 2 aliphatic rings. The predicted octanol–water partition coefficient (Wildman–Crippen LogP) is 6.41. The van der Waals surface area contributed by atoms with Crippen LogP contribution in [0, 0.1) is 11.3 Å². The standard InChI is InChI=1S/C34H41N7O4/c1-33(2,3)44-31(42)40-13-11-39(12-14-40)22-24-15-27(21-36-20-24)28-17-26(25-7-8-25)18-30(38-28)41(32(43)45-34(4,5)6)29-16-23(19-35)9-10-37-29/h9-10,15-18,20-21,25H,7-8,11-14,22H2,1-6H3. The van der Waals surface area contributed by atoms with Crippen molar-refractivity contribution in [2.75, 3.05) is 31.1 Å². The third-order valence-electron chi connectivity index (χ3n) is 7.31. The van der Waals surface area contributed by atoms with E-state index in [0.717, 1.165) is 42.6 Å². The average Bonchev–Trinajstić information content (AvgIpc) is 3.82. The summed E-state index contributed by atoms with van der Waals surface area (Å²) >= 11 is 0. The van der Waals surface area contributed by atoms with E-state index in [4.69, 9.17) is 14.5 Å². The van der Waals surface area contributed by atoms with E-state index >= 15 is 0 Å². The normalized spacial score (nSPS) is 15.7. The Labute approximate surface area is 264 Å². The summed E-state index contributed by atoms with van der Waals surface area (Å²) in [4.78, 5) is 45.3. The number of anilines is 2. The molecule has 0 aromatic carbocycles. The molecule has 45 heavy (non-hydrogen) atoms. The molecule has 3 aromatic rings. The van der Waals surface area contributed by atoms with Gasteiger partial charge in [0, 0.05) is 56.9 Å². The highest BCUT2D eigenvalue weighted by molar-refractivity contribution is 5.94.